The molecule has 1 aromatic carbocycles. The van der Waals surface area contributed by atoms with E-state index in [-0.39, 0.29) is 11.6 Å². The second-order valence-corrected chi connectivity index (χ2v) is 7.89. The summed E-state index contributed by atoms with van der Waals surface area (Å²) in [4.78, 5) is 0. The predicted molar refractivity (Wildman–Crippen MR) is 104 cm³/mol. The maximum atomic E-state index is 10.1. The van der Waals surface area contributed by atoms with Crippen molar-refractivity contribution in [3.05, 3.63) is 46.0 Å². The number of allylic oxidation sites excluding steroid dienone is 2. The zero-order valence-electron chi connectivity index (χ0n) is 16.1. The van der Waals surface area contributed by atoms with Crippen LogP contribution in [0.3, 0.4) is 0 Å². The molecule has 0 saturated heterocycles. The van der Waals surface area contributed by atoms with Crippen LogP contribution in [0.25, 0.3) is 0 Å². The minimum absolute atomic E-state index is 0.0503. The third-order valence-corrected chi connectivity index (χ3v) is 6.22. The summed E-state index contributed by atoms with van der Waals surface area (Å²) in [7, 11) is 0. The molecular weight excluding hydrogens is 332 g/mol. The van der Waals surface area contributed by atoms with E-state index in [1.165, 1.54) is 0 Å². The molecule has 4 heteroatoms. The van der Waals surface area contributed by atoms with Crippen molar-refractivity contribution >= 4 is 5.71 Å². The van der Waals surface area contributed by atoms with Gasteiger partial charge in [0.15, 0.2) is 5.41 Å². The highest BCUT2D eigenvalue weighted by Crippen LogP contribution is 2.55. The molecule has 27 heavy (non-hydrogen) atoms. The molecule has 0 radical (unpaired) electrons. The van der Waals surface area contributed by atoms with Crippen molar-refractivity contribution in [2.45, 2.75) is 52.4 Å². The van der Waals surface area contributed by atoms with E-state index in [1.54, 1.807) is 0 Å². The zero-order valence-corrected chi connectivity index (χ0v) is 16.1. The van der Waals surface area contributed by atoms with Crippen LogP contribution in [0, 0.1) is 77.4 Å². The van der Waals surface area contributed by atoms with Gasteiger partial charge in [0.25, 0.3) is 0 Å². The Kier molecular flexibility index (Phi) is 4.91. The Bertz CT molecular complexity index is 911. The minimum atomic E-state index is -1.60. The first-order chi connectivity index (χ1) is 12.9. The van der Waals surface area contributed by atoms with Crippen molar-refractivity contribution < 1.29 is 0 Å². The second-order valence-electron chi connectivity index (χ2n) is 7.89. The molecule has 0 aliphatic heterocycles. The number of hydrogen-bond acceptors (Lipinski definition) is 4. The molecule has 0 aromatic heterocycles. The molecule has 1 saturated carbocycles. The highest BCUT2D eigenvalue weighted by molar-refractivity contribution is 6.00. The van der Waals surface area contributed by atoms with E-state index in [0.29, 0.717) is 0 Å². The van der Waals surface area contributed by atoms with E-state index < -0.39 is 17.3 Å². The summed E-state index contributed by atoms with van der Waals surface area (Å²) in [5, 5.41) is 38.7. The SMILES string of the molecule is Cc1cc(C)c([C@@H]2[C@@H]3CCCCC=C3[C@H](C#N)C(=N)C2(C#N)C#N)c(C)c1. The smallest absolute Gasteiger partial charge is 0.189 e. The van der Waals surface area contributed by atoms with Crippen LogP contribution in [0.4, 0.5) is 0 Å². The molecule has 0 unspecified atom stereocenters. The van der Waals surface area contributed by atoms with Crippen molar-refractivity contribution in [1.29, 1.82) is 21.2 Å². The summed E-state index contributed by atoms with van der Waals surface area (Å²) in [5.41, 5.74) is 3.55. The molecule has 0 spiro atoms. The molecule has 1 N–H and O–H groups in total. The Morgan fingerprint density at radius 1 is 1.04 bits per heavy atom. The van der Waals surface area contributed by atoms with Crippen LogP contribution in [0.2, 0.25) is 0 Å². The molecule has 3 atom stereocenters. The van der Waals surface area contributed by atoms with E-state index in [1.807, 2.05) is 20.8 Å². The third kappa shape index (κ3) is 2.75. The van der Waals surface area contributed by atoms with Crippen molar-refractivity contribution in [3.63, 3.8) is 0 Å². The molecular formula is C23H24N4. The lowest BCUT2D eigenvalue weighted by Gasteiger charge is -2.45. The molecule has 0 bridgehead atoms. The topological polar surface area (TPSA) is 95.2 Å². The average Bonchev–Trinajstić information content (AvgIpc) is 2.87. The molecule has 4 nitrogen and oxygen atoms in total. The van der Waals surface area contributed by atoms with Crippen LogP contribution in [0.1, 0.15) is 53.9 Å². The monoisotopic (exact) mass is 356 g/mol. The summed E-state index contributed by atoms with van der Waals surface area (Å²) < 4.78 is 0. The van der Waals surface area contributed by atoms with Crippen LogP contribution in [0.15, 0.2) is 23.8 Å². The number of nitrogens with zero attached hydrogens (tertiary/aromatic N) is 3. The first-order valence-corrected chi connectivity index (χ1v) is 9.50. The molecule has 3 rings (SSSR count). The van der Waals surface area contributed by atoms with E-state index >= 15 is 0 Å². The van der Waals surface area contributed by atoms with E-state index in [4.69, 9.17) is 5.41 Å². The number of rotatable bonds is 1. The largest absolute Gasteiger partial charge is 0.305 e. The van der Waals surface area contributed by atoms with E-state index in [2.05, 4.69) is 36.4 Å². The fraction of sp³-hybridized carbons (Fsp3) is 0.478. The van der Waals surface area contributed by atoms with Gasteiger partial charge >= 0.3 is 0 Å². The zero-order chi connectivity index (χ0) is 19.8. The summed E-state index contributed by atoms with van der Waals surface area (Å²) in [6.07, 6.45) is 5.88. The Morgan fingerprint density at radius 3 is 2.22 bits per heavy atom. The van der Waals surface area contributed by atoms with Gasteiger partial charge in [0, 0.05) is 5.92 Å². The lowest BCUT2D eigenvalue weighted by Crippen LogP contribution is -2.48. The van der Waals surface area contributed by atoms with E-state index in [0.717, 1.165) is 53.5 Å². The summed E-state index contributed by atoms with van der Waals surface area (Å²) in [6.45, 7) is 6.08. The predicted octanol–water partition coefficient (Wildman–Crippen LogP) is 5.02. The van der Waals surface area contributed by atoms with Crippen LogP contribution < -0.4 is 0 Å². The van der Waals surface area contributed by atoms with Gasteiger partial charge in [0.2, 0.25) is 0 Å². The number of fused-ring (bicyclic) bond motifs is 1. The quantitative estimate of drug-likeness (QED) is 0.716. The highest BCUT2D eigenvalue weighted by Gasteiger charge is 2.57. The number of nitriles is 3. The van der Waals surface area contributed by atoms with Gasteiger partial charge < -0.3 is 5.41 Å². The van der Waals surface area contributed by atoms with Gasteiger partial charge in [-0.3, -0.25) is 0 Å². The van der Waals surface area contributed by atoms with Gasteiger partial charge in [0.1, 0.15) is 5.92 Å². The second kappa shape index (κ2) is 7.02. The summed E-state index contributed by atoms with van der Waals surface area (Å²) >= 11 is 0. The van der Waals surface area contributed by atoms with Gasteiger partial charge in [-0.15, -0.1) is 0 Å². The Morgan fingerprint density at radius 2 is 1.67 bits per heavy atom. The molecule has 0 amide bonds. The third-order valence-electron chi connectivity index (χ3n) is 6.22. The van der Waals surface area contributed by atoms with Crippen molar-refractivity contribution in [2.24, 2.45) is 17.3 Å². The average molecular weight is 356 g/mol. The maximum Gasteiger partial charge on any atom is 0.189 e. The molecule has 2 aliphatic carbocycles. The Hall–Kier alpha value is -2.90. The number of hydrogen-bond donors (Lipinski definition) is 1. The van der Waals surface area contributed by atoms with Crippen molar-refractivity contribution in [3.8, 4) is 18.2 Å². The molecule has 1 fully saturated rings. The number of nitrogens with one attached hydrogen (secondary N) is 1. The molecule has 1 aromatic rings. The van der Waals surface area contributed by atoms with Crippen LogP contribution >= 0.6 is 0 Å². The number of benzene rings is 1. The van der Waals surface area contributed by atoms with Gasteiger partial charge in [0.05, 0.1) is 23.9 Å². The standard InChI is InChI=1S/C23H24N4/c1-14-9-15(2)20(16(3)10-14)21-18-8-6-4-5-7-17(18)19(11-24)22(27)23(21,12-25)13-26/h7,9-10,18-19,21,27H,4-6,8H2,1-3H3/t18-,19+,21+/m1/s1. The Balaban J connectivity index is 2.35. The fourth-order valence-corrected chi connectivity index (χ4v) is 5.17. The lowest BCUT2D eigenvalue weighted by atomic mass is 9.53. The number of aryl methyl sites for hydroxylation is 3. The van der Waals surface area contributed by atoms with Crippen LogP contribution in [-0.4, -0.2) is 5.71 Å². The van der Waals surface area contributed by atoms with Crippen molar-refractivity contribution in [1.82, 2.24) is 0 Å². The van der Waals surface area contributed by atoms with Gasteiger partial charge in [-0.25, -0.2) is 0 Å². The van der Waals surface area contributed by atoms with Crippen LogP contribution in [0.5, 0.6) is 0 Å². The lowest BCUT2D eigenvalue weighted by molar-refractivity contribution is 0.333. The summed E-state index contributed by atoms with van der Waals surface area (Å²) in [6, 6.07) is 10.8. The van der Waals surface area contributed by atoms with E-state index in [9.17, 15) is 15.8 Å². The van der Waals surface area contributed by atoms with Gasteiger partial charge in [-0.1, -0.05) is 30.2 Å². The van der Waals surface area contributed by atoms with Gasteiger partial charge in [-0.05, 0) is 68.2 Å². The highest BCUT2D eigenvalue weighted by atomic mass is 14.7. The summed E-state index contributed by atoms with van der Waals surface area (Å²) in [5.74, 6) is -1.23. The van der Waals surface area contributed by atoms with Gasteiger partial charge in [-0.2, -0.15) is 15.8 Å². The molecule has 2 aliphatic rings. The first-order valence-electron chi connectivity index (χ1n) is 9.50. The normalized spacial score (nSPS) is 26.6. The fourth-order valence-electron chi connectivity index (χ4n) is 5.17. The minimum Gasteiger partial charge on any atom is -0.305 e. The Labute approximate surface area is 161 Å². The maximum absolute atomic E-state index is 10.1. The van der Waals surface area contributed by atoms with Crippen LogP contribution in [-0.2, 0) is 0 Å². The molecule has 0 heterocycles. The molecule has 136 valence electrons. The van der Waals surface area contributed by atoms with Crippen molar-refractivity contribution in [2.75, 3.05) is 0 Å². The first kappa shape index (κ1) is 18.9.